The van der Waals surface area contributed by atoms with Gasteiger partial charge in [-0.2, -0.15) is 0 Å². The normalized spacial score (nSPS) is 11.7. The molecule has 18 heavy (non-hydrogen) atoms. The summed E-state index contributed by atoms with van der Waals surface area (Å²) in [4.78, 5) is 10.8. The van der Waals surface area contributed by atoms with Gasteiger partial charge < -0.3 is 14.8 Å². The third-order valence-electron chi connectivity index (χ3n) is 2.27. The van der Waals surface area contributed by atoms with Crippen LogP contribution in [0.15, 0.2) is 24.3 Å². The molecule has 0 saturated carbocycles. The number of rotatable bonds is 7. The van der Waals surface area contributed by atoms with Gasteiger partial charge in [0.05, 0.1) is 13.7 Å². The second-order valence-electron chi connectivity index (χ2n) is 3.74. The first-order valence-corrected chi connectivity index (χ1v) is 6.77. The van der Waals surface area contributed by atoms with E-state index < -0.39 is 0 Å². The van der Waals surface area contributed by atoms with E-state index in [4.69, 9.17) is 4.74 Å². The van der Waals surface area contributed by atoms with E-state index in [9.17, 15) is 4.79 Å². The van der Waals surface area contributed by atoms with Crippen molar-refractivity contribution < 1.29 is 14.3 Å². The van der Waals surface area contributed by atoms with Crippen LogP contribution in [0.1, 0.15) is 13.3 Å². The van der Waals surface area contributed by atoms with Crippen molar-refractivity contribution in [3.8, 4) is 5.75 Å². The number of alkyl halides is 1. The van der Waals surface area contributed by atoms with Crippen molar-refractivity contribution in [3.05, 3.63) is 24.3 Å². The molecule has 0 amide bonds. The Labute approximate surface area is 116 Å². The zero-order chi connectivity index (χ0) is 13.4. The van der Waals surface area contributed by atoms with Crippen molar-refractivity contribution in [2.24, 2.45) is 0 Å². The van der Waals surface area contributed by atoms with E-state index in [1.165, 1.54) is 7.11 Å². The number of nitrogens with one attached hydrogen (secondary N) is 1. The third-order valence-corrected chi connectivity index (χ3v) is 2.97. The molecule has 1 unspecified atom stereocenters. The predicted molar refractivity (Wildman–Crippen MR) is 75.4 cm³/mol. The Morgan fingerprint density at radius 2 is 2.06 bits per heavy atom. The Morgan fingerprint density at radius 1 is 1.39 bits per heavy atom. The Morgan fingerprint density at radius 3 is 2.61 bits per heavy atom. The summed E-state index contributed by atoms with van der Waals surface area (Å²) < 4.78 is 10.1. The van der Waals surface area contributed by atoms with E-state index in [1.54, 1.807) is 0 Å². The van der Waals surface area contributed by atoms with Gasteiger partial charge in [-0.1, -0.05) is 22.9 Å². The van der Waals surface area contributed by atoms with Crippen molar-refractivity contribution in [2.75, 3.05) is 25.6 Å². The number of ether oxygens (including phenoxy) is 2. The van der Waals surface area contributed by atoms with Gasteiger partial charge in [0.1, 0.15) is 10.6 Å². The van der Waals surface area contributed by atoms with Gasteiger partial charge in [-0.3, -0.25) is 4.79 Å². The lowest BCUT2D eigenvalue weighted by Crippen LogP contribution is -2.24. The van der Waals surface area contributed by atoms with Gasteiger partial charge in [-0.05, 0) is 30.7 Å². The number of hydrogen-bond donors (Lipinski definition) is 1. The number of hydrogen-bond acceptors (Lipinski definition) is 4. The van der Waals surface area contributed by atoms with Crippen molar-refractivity contribution in [2.45, 2.75) is 18.2 Å². The molecular formula is C13H18BrNO3. The van der Waals surface area contributed by atoms with E-state index in [1.807, 2.05) is 24.3 Å². The van der Waals surface area contributed by atoms with Crippen molar-refractivity contribution in [1.29, 1.82) is 0 Å². The molecular weight excluding hydrogens is 298 g/mol. The Hall–Kier alpha value is -1.23. The van der Waals surface area contributed by atoms with Gasteiger partial charge in [0.15, 0.2) is 0 Å². The van der Waals surface area contributed by atoms with Crippen LogP contribution < -0.4 is 10.1 Å². The smallest absolute Gasteiger partial charge is 0.321 e. The Balaban J connectivity index is 2.41. The first-order chi connectivity index (χ1) is 8.67. The lowest BCUT2D eigenvalue weighted by Gasteiger charge is -2.11. The molecule has 0 spiro atoms. The van der Waals surface area contributed by atoms with E-state index in [0.29, 0.717) is 6.54 Å². The molecule has 0 aliphatic rings. The summed E-state index contributed by atoms with van der Waals surface area (Å²) in [6.07, 6.45) is 0.990. The summed E-state index contributed by atoms with van der Waals surface area (Å²) in [5.74, 6) is 0.566. The number of anilines is 1. The predicted octanol–water partition coefficient (Wildman–Crippen LogP) is 2.82. The fourth-order valence-corrected chi connectivity index (χ4v) is 1.66. The first kappa shape index (κ1) is 14.8. The van der Waals surface area contributed by atoms with E-state index in [0.717, 1.165) is 24.5 Å². The molecule has 0 fully saturated rings. The Kier molecular flexibility index (Phi) is 6.57. The lowest BCUT2D eigenvalue weighted by molar-refractivity contribution is -0.139. The van der Waals surface area contributed by atoms with Crippen LogP contribution in [0.3, 0.4) is 0 Å². The Bertz CT molecular complexity index is 367. The minimum Gasteiger partial charge on any atom is -0.494 e. The van der Waals surface area contributed by atoms with Gasteiger partial charge in [-0.25, -0.2) is 0 Å². The number of halogens is 1. The van der Waals surface area contributed by atoms with Gasteiger partial charge in [-0.15, -0.1) is 0 Å². The highest BCUT2D eigenvalue weighted by Crippen LogP contribution is 2.16. The monoisotopic (exact) mass is 315 g/mol. The standard InChI is InChI=1S/C13H18BrNO3/c1-3-8-18-11-6-4-10(5-7-11)15-9-12(14)13(16)17-2/h4-7,12,15H,3,8-9H2,1-2H3. The summed E-state index contributed by atoms with van der Waals surface area (Å²) in [6.45, 7) is 3.26. The molecule has 0 heterocycles. The topological polar surface area (TPSA) is 47.6 Å². The fraction of sp³-hybridized carbons (Fsp3) is 0.462. The summed E-state index contributed by atoms with van der Waals surface area (Å²) in [5, 5.41) is 3.14. The average Bonchev–Trinajstić information content (AvgIpc) is 2.42. The second-order valence-corrected chi connectivity index (χ2v) is 4.85. The maximum Gasteiger partial charge on any atom is 0.321 e. The molecule has 0 bridgehead atoms. The second kappa shape index (κ2) is 7.97. The minimum atomic E-state index is -0.349. The molecule has 1 atom stereocenters. The number of methoxy groups -OCH3 is 1. The summed E-state index contributed by atoms with van der Waals surface area (Å²) in [7, 11) is 1.37. The zero-order valence-corrected chi connectivity index (χ0v) is 12.2. The molecule has 1 N–H and O–H groups in total. The van der Waals surface area contributed by atoms with Gasteiger partial charge >= 0.3 is 5.97 Å². The minimum absolute atomic E-state index is 0.287. The summed E-state index contributed by atoms with van der Waals surface area (Å²) >= 11 is 3.25. The van der Waals surface area contributed by atoms with Crippen molar-refractivity contribution in [1.82, 2.24) is 0 Å². The van der Waals surface area contributed by atoms with Crippen molar-refractivity contribution in [3.63, 3.8) is 0 Å². The number of benzene rings is 1. The molecule has 1 aromatic carbocycles. The molecule has 4 nitrogen and oxygen atoms in total. The molecule has 0 aromatic heterocycles. The highest BCUT2D eigenvalue weighted by atomic mass is 79.9. The van der Waals surface area contributed by atoms with Crippen LogP contribution in [0.2, 0.25) is 0 Å². The van der Waals surface area contributed by atoms with Crippen LogP contribution in [-0.2, 0) is 9.53 Å². The maximum atomic E-state index is 11.2. The van der Waals surface area contributed by atoms with Crippen LogP contribution in [0.5, 0.6) is 5.75 Å². The summed E-state index contributed by atoms with van der Waals surface area (Å²) in [5.41, 5.74) is 0.937. The quantitative estimate of drug-likeness (QED) is 0.621. The SMILES string of the molecule is CCCOc1ccc(NCC(Br)C(=O)OC)cc1. The highest BCUT2D eigenvalue weighted by Gasteiger charge is 2.14. The number of esters is 1. The average molecular weight is 316 g/mol. The molecule has 0 radical (unpaired) electrons. The molecule has 5 heteroatoms. The largest absolute Gasteiger partial charge is 0.494 e. The molecule has 0 saturated heterocycles. The third kappa shape index (κ3) is 4.96. The van der Waals surface area contributed by atoms with E-state index >= 15 is 0 Å². The van der Waals surface area contributed by atoms with Gasteiger partial charge in [0.25, 0.3) is 0 Å². The van der Waals surface area contributed by atoms with Gasteiger partial charge in [0.2, 0.25) is 0 Å². The zero-order valence-electron chi connectivity index (χ0n) is 10.6. The lowest BCUT2D eigenvalue weighted by atomic mass is 10.3. The van der Waals surface area contributed by atoms with Crippen LogP contribution >= 0.6 is 15.9 Å². The first-order valence-electron chi connectivity index (χ1n) is 5.86. The van der Waals surface area contributed by atoms with Crippen molar-refractivity contribution >= 4 is 27.6 Å². The number of carbonyl (C=O) groups is 1. The summed E-state index contributed by atoms with van der Waals surface area (Å²) in [6, 6.07) is 7.64. The van der Waals surface area contributed by atoms with Crippen LogP contribution in [-0.4, -0.2) is 31.1 Å². The molecule has 100 valence electrons. The molecule has 0 aliphatic heterocycles. The fourth-order valence-electron chi connectivity index (χ4n) is 1.31. The van der Waals surface area contributed by atoms with Gasteiger partial charge in [0, 0.05) is 12.2 Å². The van der Waals surface area contributed by atoms with E-state index in [2.05, 4.69) is 32.9 Å². The number of carbonyl (C=O) groups excluding carboxylic acids is 1. The maximum absolute atomic E-state index is 11.2. The van der Waals surface area contributed by atoms with Crippen LogP contribution in [0.25, 0.3) is 0 Å². The molecule has 1 rings (SSSR count). The van der Waals surface area contributed by atoms with Crippen LogP contribution in [0, 0.1) is 0 Å². The highest BCUT2D eigenvalue weighted by molar-refractivity contribution is 9.10. The van der Waals surface area contributed by atoms with E-state index in [-0.39, 0.29) is 10.8 Å². The van der Waals surface area contributed by atoms with Crippen LogP contribution in [0.4, 0.5) is 5.69 Å². The molecule has 1 aromatic rings. The molecule has 0 aliphatic carbocycles.